The Bertz CT molecular complexity index is 815. The minimum Gasteiger partial charge on any atom is -0.444 e. The number of carbonyl (C=O) groups excluding carboxylic acids is 4. The number of hydroxylamine groups is 2. The Morgan fingerprint density at radius 3 is 2.26 bits per heavy atom. The number of amides is 3. The molecule has 3 amide bonds. The number of nitrogens with one attached hydrogen (secondary N) is 1. The van der Waals surface area contributed by atoms with E-state index >= 15 is 0 Å². The van der Waals surface area contributed by atoms with E-state index < -0.39 is 47.2 Å². The van der Waals surface area contributed by atoms with E-state index in [4.69, 9.17) is 9.57 Å². The lowest BCUT2D eigenvalue weighted by molar-refractivity contribution is -0.193. The smallest absolute Gasteiger partial charge is 0.408 e. The molecule has 8 nitrogen and oxygen atoms in total. The highest BCUT2D eigenvalue weighted by Crippen LogP contribution is 2.29. The van der Waals surface area contributed by atoms with Gasteiger partial charge in [0.25, 0.3) is 11.8 Å². The van der Waals surface area contributed by atoms with E-state index in [0.717, 1.165) is 5.56 Å². The summed E-state index contributed by atoms with van der Waals surface area (Å²) in [6.45, 7) is 10.5. The van der Waals surface area contributed by atoms with Crippen molar-refractivity contribution in [2.24, 2.45) is 17.8 Å². The first-order valence-electron chi connectivity index (χ1n) is 10.5. The summed E-state index contributed by atoms with van der Waals surface area (Å²) in [7, 11) is 0. The summed E-state index contributed by atoms with van der Waals surface area (Å²) in [5.74, 6) is -3.83. The van der Waals surface area contributed by atoms with E-state index in [-0.39, 0.29) is 12.5 Å². The Hall–Kier alpha value is -2.74. The van der Waals surface area contributed by atoms with Crippen molar-refractivity contribution in [2.75, 3.05) is 0 Å². The predicted octanol–water partition coefficient (Wildman–Crippen LogP) is 3.25. The monoisotopic (exact) mass is 432 g/mol. The molecular formula is C23H32N2O6. The van der Waals surface area contributed by atoms with Crippen LogP contribution in [0.1, 0.15) is 53.5 Å². The molecule has 8 heteroatoms. The Labute approximate surface area is 183 Å². The lowest BCUT2D eigenvalue weighted by Gasteiger charge is -2.25. The lowest BCUT2D eigenvalue weighted by atomic mass is 9.86. The number of benzene rings is 1. The van der Waals surface area contributed by atoms with Gasteiger partial charge in [-0.05, 0) is 38.7 Å². The minimum atomic E-state index is -1.22. The maximum Gasteiger partial charge on any atom is 0.408 e. The number of alkyl carbamates (subject to hydrolysis) is 1. The Kier molecular flexibility index (Phi) is 7.95. The van der Waals surface area contributed by atoms with Gasteiger partial charge in [0.2, 0.25) is 0 Å². The van der Waals surface area contributed by atoms with Crippen LogP contribution in [0.2, 0.25) is 0 Å². The number of hydrogen-bond donors (Lipinski definition) is 1. The molecular weight excluding hydrogens is 400 g/mol. The van der Waals surface area contributed by atoms with Crippen molar-refractivity contribution in [1.29, 1.82) is 0 Å². The molecule has 0 bridgehead atoms. The zero-order chi connectivity index (χ0) is 23.3. The Morgan fingerprint density at radius 1 is 1.10 bits per heavy atom. The largest absolute Gasteiger partial charge is 0.444 e. The molecule has 31 heavy (non-hydrogen) atoms. The van der Waals surface area contributed by atoms with Crippen LogP contribution in [0, 0.1) is 17.8 Å². The molecule has 1 N–H and O–H groups in total. The van der Waals surface area contributed by atoms with Crippen LogP contribution in [-0.4, -0.2) is 40.4 Å². The van der Waals surface area contributed by atoms with Crippen LogP contribution in [0.3, 0.4) is 0 Å². The molecule has 1 aromatic carbocycles. The second-order valence-electron chi connectivity index (χ2n) is 9.23. The van der Waals surface area contributed by atoms with Crippen LogP contribution in [0.25, 0.3) is 0 Å². The molecule has 0 saturated carbocycles. The molecule has 0 aromatic heterocycles. The summed E-state index contributed by atoms with van der Waals surface area (Å²) < 4.78 is 5.26. The van der Waals surface area contributed by atoms with Gasteiger partial charge < -0.3 is 10.1 Å². The van der Waals surface area contributed by atoms with E-state index in [1.54, 1.807) is 32.9 Å². The standard InChI is InChI=1S/C23H32N2O6/c1-14(2)12-17(24-22(29)31-23(4,5)6)19(26)18-15(3)20(27)25(21(18)28)30-13-16-10-8-7-9-11-16/h7-11,14-15,17-18H,12-13H2,1-6H3,(H,24,29)/t15?,17-,18?/m0/s1. The second kappa shape index (κ2) is 10.0. The van der Waals surface area contributed by atoms with Crippen LogP contribution in [-0.2, 0) is 30.6 Å². The highest BCUT2D eigenvalue weighted by Gasteiger charge is 2.51. The highest BCUT2D eigenvalue weighted by molar-refractivity contribution is 6.15. The van der Waals surface area contributed by atoms with Gasteiger partial charge in [-0.1, -0.05) is 51.1 Å². The molecule has 1 aliphatic heterocycles. The van der Waals surface area contributed by atoms with Crippen LogP contribution >= 0.6 is 0 Å². The van der Waals surface area contributed by atoms with Crippen LogP contribution in [0.4, 0.5) is 4.79 Å². The number of nitrogens with zero attached hydrogens (tertiary/aromatic N) is 1. The van der Waals surface area contributed by atoms with Crippen molar-refractivity contribution < 1.29 is 28.8 Å². The van der Waals surface area contributed by atoms with Gasteiger partial charge in [-0.2, -0.15) is 5.06 Å². The summed E-state index contributed by atoms with van der Waals surface area (Å²) in [6.07, 6.45) is -0.429. The summed E-state index contributed by atoms with van der Waals surface area (Å²) in [5.41, 5.74) is 0.0547. The Balaban J connectivity index is 2.14. The van der Waals surface area contributed by atoms with E-state index in [2.05, 4.69) is 5.32 Å². The molecule has 1 saturated heterocycles. The first-order valence-corrected chi connectivity index (χ1v) is 10.5. The lowest BCUT2D eigenvalue weighted by Crippen LogP contribution is -2.48. The third-order valence-corrected chi connectivity index (χ3v) is 4.81. The molecule has 0 spiro atoms. The van der Waals surface area contributed by atoms with Gasteiger partial charge in [-0.3, -0.25) is 19.2 Å². The first-order chi connectivity index (χ1) is 14.4. The summed E-state index contributed by atoms with van der Waals surface area (Å²) in [5, 5.41) is 3.26. The number of imide groups is 1. The minimum absolute atomic E-state index is 0.0253. The van der Waals surface area contributed by atoms with E-state index in [0.29, 0.717) is 11.5 Å². The molecule has 1 aliphatic rings. The van der Waals surface area contributed by atoms with Crippen LogP contribution in [0.5, 0.6) is 0 Å². The van der Waals surface area contributed by atoms with Gasteiger partial charge in [0.05, 0.1) is 12.0 Å². The van der Waals surface area contributed by atoms with Crippen molar-refractivity contribution >= 4 is 23.7 Å². The third-order valence-electron chi connectivity index (χ3n) is 4.81. The van der Waals surface area contributed by atoms with E-state index in [1.165, 1.54) is 6.92 Å². The normalized spacial score (nSPS) is 20.2. The van der Waals surface area contributed by atoms with Gasteiger partial charge in [0.15, 0.2) is 5.78 Å². The molecule has 2 rings (SSSR count). The molecule has 0 aliphatic carbocycles. The molecule has 2 unspecified atom stereocenters. The average molecular weight is 433 g/mol. The summed E-state index contributed by atoms with van der Waals surface area (Å²) in [4.78, 5) is 56.5. The van der Waals surface area contributed by atoms with Crippen molar-refractivity contribution in [2.45, 2.75) is 66.2 Å². The number of hydrogen-bond acceptors (Lipinski definition) is 6. The maximum atomic E-state index is 13.2. The predicted molar refractivity (Wildman–Crippen MR) is 113 cm³/mol. The van der Waals surface area contributed by atoms with Gasteiger partial charge >= 0.3 is 6.09 Å². The zero-order valence-corrected chi connectivity index (χ0v) is 19.0. The maximum absolute atomic E-state index is 13.2. The number of rotatable bonds is 8. The van der Waals surface area contributed by atoms with Crippen molar-refractivity contribution in [3.63, 3.8) is 0 Å². The van der Waals surface area contributed by atoms with E-state index in [1.807, 2.05) is 32.0 Å². The molecule has 1 heterocycles. The Morgan fingerprint density at radius 2 is 1.71 bits per heavy atom. The van der Waals surface area contributed by atoms with Gasteiger partial charge in [0, 0.05) is 0 Å². The fourth-order valence-corrected chi connectivity index (χ4v) is 3.37. The quantitative estimate of drug-likeness (QED) is 0.500. The SMILES string of the molecule is CC(C)C[C@H](NC(=O)OC(C)(C)C)C(=O)C1C(=O)N(OCc2ccccc2)C(=O)C1C. The van der Waals surface area contributed by atoms with Crippen molar-refractivity contribution in [3.05, 3.63) is 35.9 Å². The molecule has 1 fully saturated rings. The van der Waals surface area contributed by atoms with Gasteiger partial charge in [-0.25, -0.2) is 4.79 Å². The molecule has 1 aromatic rings. The topological polar surface area (TPSA) is 102 Å². The number of Topliss-reactive ketones (excluding diaryl/α,β-unsaturated/α-hetero) is 1. The summed E-state index contributed by atoms with van der Waals surface area (Å²) in [6, 6.07) is 8.15. The average Bonchev–Trinajstić information content (AvgIpc) is 2.86. The first kappa shape index (κ1) is 24.5. The van der Waals surface area contributed by atoms with Crippen molar-refractivity contribution in [1.82, 2.24) is 10.4 Å². The van der Waals surface area contributed by atoms with Gasteiger partial charge in [-0.15, -0.1) is 0 Å². The molecule has 3 atom stereocenters. The van der Waals surface area contributed by atoms with Crippen LogP contribution < -0.4 is 5.32 Å². The number of ketones is 1. The fourth-order valence-electron chi connectivity index (χ4n) is 3.37. The van der Waals surface area contributed by atoms with Gasteiger partial charge in [0.1, 0.15) is 18.1 Å². The number of carbonyl (C=O) groups is 4. The molecule has 0 radical (unpaired) electrons. The molecule has 170 valence electrons. The number of ether oxygens (including phenoxy) is 1. The summed E-state index contributed by atoms with van der Waals surface area (Å²) >= 11 is 0. The fraction of sp³-hybridized carbons (Fsp3) is 0.565. The highest BCUT2D eigenvalue weighted by atomic mass is 16.7. The van der Waals surface area contributed by atoms with Crippen LogP contribution in [0.15, 0.2) is 30.3 Å². The van der Waals surface area contributed by atoms with E-state index in [9.17, 15) is 19.2 Å². The second-order valence-corrected chi connectivity index (χ2v) is 9.23. The third kappa shape index (κ3) is 6.62. The van der Waals surface area contributed by atoms with Crippen molar-refractivity contribution in [3.8, 4) is 0 Å². The zero-order valence-electron chi connectivity index (χ0n) is 19.0.